The number of carbonyl (C=O) groups excluding carboxylic acids is 1. The molecule has 1 aliphatic heterocycles. The maximum absolute atomic E-state index is 13.6. The Labute approximate surface area is 216 Å². The monoisotopic (exact) mass is 543 g/mol. The van der Waals surface area contributed by atoms with Gasteiger partial charge in [0.1, 0.15) is 15.7 Å². The fourth-order valence-electron chi connectivity index (χ4n) is 4.87. The van der Waals surface area contributed by atoms with E-state index in [0.29, 0.717) is 5.56 Å². The molecule has 0 N–H and O–H groups in total. The van der Waals surface area contributed by atoms with Gasteiger partial charge < -0.3 is 9.30 Å². The molecule has 0 saturated heterocycles. The lowest BCUT2D eigenvalue weighted by Gasteiger charge is -2.19. The first-order chi connectivity index (χ1) is 17.5. The molecule has 3 aromatic carbocycles. The summed E-state index contributed by atoms with van der Waals surface area (Å²) in [6.07, 6.45) is -4.42. The molecule has 0 bridgehead atoms. The average molecular weight is 544 g/mol. The molecule has 10 heteroatoms. The third-order valence-corrected chi connectivity index (χ3v) is 8.54. The van der Waals surface area contributed by atoms with Crippen molar-refractivity contribution in [3.63, 3.8) is 0 Å². The fourth-order valence-corrected chi connectivity index (χ4v) is 7.23. The summed E-state index contributed by atoms with van der Waals surface area (Å²) in [6.45, 7) is 0. The third kappa shape index (κ3) is 4.44. The van der Waals surface area contributed by atoms with Crippen molar-refractivity contribution in [1.29, 1.82) is 0 Å². The first-order valence-corrected chi connectivity index (χ1v) is 13.3. The van der Waals surface area contributed by atoms with Crippen LogP contribution in [0.25, 0.3) is 21.9 Å². The summed E-state index contributed by atoms with van der Waals surface area (Å²) in [5.74, 6) is -1.39. The van der Waals surface area contributed by atoms with Gasteiger partial charge in [0.2, 0.25) is 0 Å². The van der Waals surface area contributed by atoms with Gasteiger partial charge >= 0.3 is 12.1 Å². The highest BCUT2D eigenvalue weighted by atomic mass is 32.2. The molecule has 0 radical (unpaired) electrons. The van der Waals surface area contributed by atoms with Crippen LogP contribution >= 0.6 is 12.2 Å². The Hall–Kier alpha value is -3.50. The molecule has 0 spiro atoms. The number of hydrogen-bond donors (Lipinski definition) is 0. The number of ether oxygens (including phenoxy) is 1. The quantitative estimate of drug-likeness (QED) is 0.228. The molecule has 5 nitrogen and oxygen atoms in total. The van der Waals surface area contributed by atoms with Crippen molar-refractivity contribution in [3.8, 4) is 11.1 Å². The first-order valence-electron chi connectivity index (χ1n) is 11.2. The SMILES string of the molecule is COC(=O)C1CS(=O)(=O)c2c(-c3cccc(C(F)(F)F)c3)c(Cc3cccc4ccccc34)cc(=S)n21. The zero-order valence-electron chi connectivity index (χ0n) is 19.5. The number of fused-ring (bicyclic) bond motifs is 2. The average Bonchev–Trinajstić information content (AvgIpc) is 3.15. The van der Waals surface area contributed by atoms with Crippen LogP contribution in [-0.2, 0) is 32.0 Å². The zero-order chi connectivity index (χ0) is 26.5. The molecule has 4 aromatic rings. The van der Waals surface area contributed by atoms with E-state index in [9.17, 15) is 26.4 Å². The molecule has 190 valence electrons. The van der Waals surface area contributed by atoms with Crippen LogP contribution in [0.3, 0.4) is 0 Å². The van der Waals surface area contributed by atoms with Crippen molar-refractivity contribution in [2.24, 2.45) is 0 Å². The molecule has 1 aromatic heterocycles. The minimum absolute atomic E-state index is 0.0675. The van der Waals surface area contributed by atoms with Crippen LogP contribution in [0.4, 0.5) is 13.2 Å². The normalized spacial score (nSPS) is 16.5. The molecular formula is C27H20F3NO4S2. The smallest absolute Gasteiger partial charge is 0.416 e. The van der Waals surface area contributed by atoms with E-state index in [1.807, 2.05) is 42.5 Å². The predicted octanol–water partition coefficient (Wildman–Crippen LogP) is 6.15. The molecule has 5 rings (SSSR count). The van der Waals surface area contributed by atoms with E-state index < -0.39 is 39.3 Å². The van der Waals surface area contributed by atoms with Crippen LogP contribution in [0.1, 0.15) is 22.7 Å². The topological polar surface area (TPSA) is 65.4 Å². The second-order valence-corrected chi connectivity index (χ2v) is 11.1. The van der Waals surface area contributed by atoms with E-state index in [4.69, 9.17) is 17.0 Å². The van der Waals surface area contributed by atoms with Crippen LogP contribution in [0.15, 0.2) is 77.8 Å². The lowest BCUT2D eigenvalue weighted by Crippen LogP contribution is -2.21. The van der Waals surface area contributed by atoms with Gasteiger partial charge in [-0.25, -0.2) is 13.2 Å². The Kier molecular flexibility index (Phi) is 6.19. The highest BCUT2D eigenvalue weighted by molar-refractivity contribution is 7.91. The second-order valence-electron chi connectivity index (χ2n) is 8.77. The van der Waals surface area contributed by atoms with Crippen molar-refractivity contribution in [2.75, 3.05) is 12.9 Å². The minimum Gasteiger partial charge on any atom is -0.467 e. The first kappa shape index (κ1) is 25.2. The minimum atomic E-state index is -4.63. The molecule has 0 saturated carbocycles. The largest absolute Gasteiger partial charge is 0.467 e. The van der Waals surface area contributed by atoms with Crippen molar-refractivity contribution in [1.82, 2.24) is 4.57 Å². The number of carbonyl (C=O) groups is 1. The van der Waals surface area contributed by atoms with Crippen LogP contribution < -0.4 is 0 Å². The van der Waals surface area contributed by atoms with E-state index in [1.54, 1.807) is 6.07 Å². The van der Waals surface area contributed by atoms with E-state index in [2.05, 4.69) is 0 Å². The Bertz CT molecular complexity index is 1720. The predicted molar refractivity (Wildman–Crippen MR) is 136 cm³/mol. The fraction of sp³-hybridized carbons (Fsp3) is 0.185. The Balaban J connectivity index is 1.83. The maximum Gasteiger partial charge on any atom is 0.416 e. The Morgan fingerprint density at radius 1 is 1.03 bits per heavy atom. The Morgan fingerprint density at radius 2 is 1.73 bits per heavy atom. The Morgan fingerprint density at radius 3 is 2.46 bits per heavy atom. The molecule has 1 aliphatic rings. The van der Waals surface area contributed by atoms with Crippen LogP contribution in [-0.4, -0.2) is 31.8 Å². The van der Waals surface area contributed by atoms with Crippen molar-refractivity contribution < 1.29 is 31.1 Å². The standard InChI is InChI=1S/C27H20F3NO4S2/c1-35-26(32)22-15-37(33,34)25-24(18-9-5-10-20(13-18)27(28,29)30)19(14-23(36)31(22)25)12-17-8-4-7-16-6-2-3-11-21(16)17/h2-11,13-14,22H,12,15H2,1H3. The summed E-state index contributed by atoms with van der Waals surface area (Å²) in [5, 5.41) is 1.62. The summed E-state index contributed by atoms with van der Waals surface area (Å²) in [5.41, 5.74) is 0.547. The highest BCUT2D eigenvalue weighted by Crippen LogP contribution is 2.42. The molecule has 0 fully saturated rings. The van der Waals surface area contributed by atoms with Gasteiger partial charge in [-0.05, 0) is 52.1 Å². The number of sulfone groups is 1. The lowest BCUT2D eigenvalue weighted by molar-refractivity contribution is -0.144. The number of aromatic nitrogens is 1. The molecule has 2 heterocycles. The van der Waals surface area contributed by atoms with Crippen molar-refractivity contribution >= 4 is 38.8 Å². The summed E-state index contributed by atoms with van der Waals surface area (Å²) in [4.78, 5) is 12.5. The van der Waals surface area contributed by atoms with Gasteiger partial charge in [-0.3, -0.25) is 0 Å². The van der Waals surface area contributed by atoms with Crippen molar-refractivity contribution in [2.45, 2.75) is 23.7 Å². The highest BCUT2D eigenvalue weighted by Gasteiger charge is 2.42. The van der Waals surface area contributed by atoms with Gasteiger partial charge in [0, 0.05) is 5.56 Å². The molecular weight excluding hydrogens is 523 g/mol. The van der Waals surface area contributed by atoms with Gasteiger partial charge in [0.25, 0.3) is 0 Å². The van der Waals surface area contributed by atoms with Gasteiger partial charge in [0.05, 0.1) is 18.4 Å². The number of hydrogen-bond acceptors (Lipinski definition) is 5. The number of nitrogens with zero attached hydrogens (tertiary/aromatic N) is 1. The number of alkyl halides is 3. The zero-order valence-corrected chi connectivity index (χ0v) is 21.1. The summed E-state index contributed by atoms with van der Waals surface area (Å²) >= 11 is 5.53. The molecule has 0 amide bonds. The summed E-state index contributed by atoms with van der Waals surface area (Å²) in [7, 11) is -2.96. The van der Waals surface area contributed by atoms with Crippen LogP contribution in [0, 0.1) is 4.64 Å². The molecule has 37 heavy (non-hydrogen) atoms. The molecule has 1 atom stereocenters. The van der Waals surface area contributed by atoms with Gasteiger partial charge in [0.15, 0.2) is 9.84 Å². The van der Waals surface area contributed by atoms with Gasteiger partial charge in [-0.15, -0.1) is 0 Å². The number of benzene rings is 3. The third-order valence-electron chi connectivity index (χ3n) is 6.49. The van der Waals surface area contributed by atoms with Crippen molar-refractivity contribution in [3.05, 3.63) is 94.1 Å². The molecule has 0 aliphatic carbocycles. The van der Waals surface area contributed by atoms with Gasteiger partial charge in [-0.2, -0.15) is 13.2 Å². The molecule has 1 unspecified atom stereocenters. The second kappa shape index (κ2) is 9.11. The van der Waals surface area contributed by atoms with E-state index in [0.717, 1.165) is 35.6 Å². The summed E-state index contributed by atoms with van der Waals surface area (Å²) in [6, 6.07) is 18.2. The van der Waals surface area contributed by atoms with Gasteiger partial charge in [-0.1, -0.05) is 66.8 Å². The van der Waals surface area contributed by atoms with E-state index in [1.165, 1.54) is 16.7 Å². The van der Waals surface area contributed by atoms with E-state index in [-0.39, 0.29) is 27.2 Å². The number of methoxy groups -OCH3 is 1. The number of halogens is 3. The van der Waals surface area contributed by atoms with E-state index >= 15 is 0 Å². The van der Waals surface area contributed by atoms with Crippen LogP contribution in [0.2, 0.25) is 0 Å². The number of esters is 1. The number of pyridine rings is 1. The maximum atomic E-state index is 13.6. The van der Waals surface area contributed by atoms with Crippen LogP contribution in [0.5, 0.6) is 0 Å². The summed E-state index contributed by atoms with van der Waals surface area (Å²) < 4.78 is 73.8. The number of rotatable bonds is 4. The lowest BCUT2D eigenvalue weighted by atomic mass is 9.93.